The van der Waals surface area contributed by atoms with Crippen molar-refractivity contribution in [1.82, 2.24) is 4.90 Å². The fraction of sp³-hybridized carbons (Fsp3) is 0.583. The van der Waals surface area contributed by atoms with Crippen molar-refractivity contribution in [3.05, 3.63) is 23.7 Å². The maximum absolute atomic E-state index is 10.6. The lowest BCUT2D eigenvalue weighted by atomic mass is 10.1. The first-order chi connectivity index (χ1) is 7.69. The molecular weight excluding hydrogens is 206 g/mol. The summed E-state index contributed by atoms with van der Waals surface area (Å²) in [7, 11) is 0. The molecule has 1 unspecified atom stereocenters. The second-order valence-electron chi connectivity index (χ2n) is 4.37. The largest absolute Gasteiger partial charge is 0.475 e. The molecule has 1 aromatic rings. The Morgan fingerprint density at radius 2 is 2.44 bits per heavy atom. The lowest BCUT2D eigenvalue weighted by molar-refractivity contribution is 0.0658. The zero-order chi connectivity index (χ0) is 11.5. The summed E-state index contributed by atoms with van der Waals surface area (Å²) in [6.45, 7) is 5.12. The first kappa shape index (κ1) is 11.2. The van der Waals surface area contributed by atoms with Gasteiger partial charge in [0.05, 0.1) is 6.54 Å². The van der Waals surface area contributed by atoms with Gasteiger partial charge < -0.3 is 9.52 Å². The number of carboxylic acids is 1. The summed E-state index contributed by atoms with van der Waals surface area (Å²) in [5.41, 5.74) is 0. The molecule has 1 aromatic heterocycles. The predicted octanol–water partition coefficient (Wildman–Crippen LogP) is 2.21. The topological polar surface area (TPSA) is 53.7 Å². The molecule has 4 nitrogen and oxygen atoms in total. The van der Waals surface area contributed by atoms with E-state index in [4.69, 9.17) is 9.52 Å². The summed E-state index contributed by atoms with van der Waals surface area (Å²) < 4.78 is 5.23. The second kappa shape index (κ2) is 4.70. The number of rotatable bonds is 4. The first-order valence-electron chi connectivity index (χ1n) is 5.73. The van der Waals surface area contributed by atoms with Crippen LogP contribution >= 0.6 is 0 Å². The van der Waals surface area contributed by atoms with Crippen molar-refractivity contribution in [2.45, 2.75) is 26.3 Å². The fourth-order valence-electron chi connectivity index (χ4n) is 2.19. The van der Waals surface area contributed by atoms with Crippen LogP contribution in [0.25, 0.3) is 0 Å². The van der Waals surface area contributed by atoms with Crippen LogP contribution in [0.5, 0.6) is 0 Å². The molecule has 0 aliphatic carbocycles. The molecule has 0 saturated carbocycles. The van der Waals surface area contributed by atoms with Crippen molar-refractivity contribution in [3.63, 3.8) is 0 Å². The fourth-order valence-corrected chi connectivity index (χ4v) is 2.19. The molecule has 1 aliphatic rings. The lowest BCUT2D eigenvalue weighted by Gasteiger charge is -2.13. The molecule has 4 heteroatoms. The van der Waals surface area contributed by atoms with Gasteiger partial charge >= 0.3 is 5.97 Å². The van der Waals surface area contributed by atoms with Gasteiger partial charge in [-0.3, -0.25) is 4.90 Å². The quantitative estimate of drug-likeness (QED) is 0.850. The van der Waals surface area contributed by atoms with Crippen LogP contribution < -0.4 is 0 Å². The Hall–Kier alpha value is -1.29. The molecule has 2 heterocycles. The van der Waals surface area contributed by atoms with Crippen LogP contribution in [0.15, 0.2) is 16.5 Å². The zero-order valence-corrected chi connectivity index (χ0v) is 9.48. The molecule has 1 saturated heterocycles. The van der Waals surface area contributed by atoms with Gasteiger partial charge in [-0.1, -0.05) is 13.3 Å². The van der Waals surface area contributed by atoms with E-state index in [1.807, 2.05) is 0 Å². The van der Waals surface area contributed by atoms with E-state index < -0.39 is 5.97 Å². The zero-order valence-electron chi connectivity index (χ0n) is 9.48. The van der Waals surface area contributed by atoms with Gasteiger partial charge in [-0.05, 0) is 31.0 Å². The third-order valence-electron chi connectivity index (χ3n) is 3.20. The Kier molecular flexibility index (Phi) is 3.29. The molecule has 16 heavy (non-hydrogen) atoms. The molecule has 1 fully saturated rings. The number of nitrogens with zero attached hydrogens (tertiary/aromatic N) is 1. The second-order valence-corrected chi connectivity index (χ2v) is 4.37. The predicted molar refractivity (Wildman–Crippen MR) is 59.3 cm³/mol. The third-order valence-corrected chi connectivity index (χ3v) is 3.20. The van der Waals surface area contributed by atoms with Crippen molar-refractivity contribution in [2.75, 3.05) is 13.1 Å². The van der Waals surface area contributed by atoms with E-state index in [0.717, 1.165) is 31.3 Å². The minimum Gasteiger partial charge on any atom is -0.475 e. The van der Waals surface area contributed by atoms with Gasteiger partial charge in [0.15, 0.2) is 0 Å². The van der Waals surface area contributed by atoms with Gasteiger partial charge in [0, 0.05) is 6.54 Å². The van der Waals surface area contributed by atoms with E-state index in [1.54, 1.807) is 6.07 Å². The van der Waals surface area contributed by atoms with Gasteiger partial charge in [-0.2, -0.15) is 0 Å². The van der Waals surface area contributed by atoms with E-state index in [2.05, 4.69) is 11.8 Å². The summed E-state index contributed by atoms with van der Waals surface area (Å²) in [5, 5.41) is 8.73. The average Bonchev–Trinajstić information content (AvgIpc) is 2.87. The molecule has 0 radical (unpaired) electrons. The van der Waals surface area contributed by atoms with E-state index in [-0.39, 0.29) is 5.76 Å². The molecule has 1 aliphatic heterocycles. The van der Waals surface area contributed by atoms with Gasteiger partial charge in [0.1, 0.15) is 5.76 Å². The van der Waals surface area contributed by atoms with Crippen LogP contribution in [-0.2, 0) is 6.54 Å². The highest BCUT2D eigenvalue weighted by Gasteiger charge is 2.22. The molecule has 0 amide bonds. The highest BCUT2D eigenvalue weighted by atomic mass is 16.4. The summed E-state index contributed by atoms with van der Waals surface area (Å²) >= 11 is 0. The summed E-state index contributed by atoms with van der Waals surface area (Å²) in [4.78, 5) is 13.0. The molecule has 1 atom stereocenters. The van der Waals surface area contributed by atoms with Gasteiger partial charge in [-0.15, -0.1) is 0 Å². The van der Waals surface area contributed by atoms with Crippen LogP contribution in [0.4, 0.5) is 0 Å². The number of hydrogen-bond acceptors (Lipinski definition) is 3. The Balaban J connectivity index is 1.92. The van der Waals surface area contributed by atoms with E-state index in [0.29, 0.717) is 0 Å². The number of carboxylic acid groups (broad SMARTS) is 1. The Labute approximate surface area is 94.9 Å². The monoisotopic (exact) mass is 223 g/mol. The maximum atomic E-state index is 10.6. The Morgan fingerprint density at radius 1 is 1.62 bits per heavy atom. The standard InChI is InChI=1S/C12H17NO3/c1-2-9-5-6-13(7-9)8-10-3-4-11(16-10)12(14)15/h3-4,9H,2,5-8H2,1H3,(H,14,15). The first-order valence-corrected chi connectivity index (χ1v) is 5.73. The van der Waals surface area contributed by atoms with Crippen LogP contribution in [0.1, 0.15) is 36.1 Å². The van der Waals surface area contributed by atoms with Crippen LogP contribution in [0, 0.1) is 5.92 Å². The Morgan fingerprint density at radius 3 is 3.00 bits per heavy atom. The summed E-state index contributed by atoms with van der Waals surface area (Å²) in [6.07, 6.45) is 2.46. The molecule has 0 bridgehead atoms. The van der Waals surface area contributed by atoms with E-state index >= 15 is 0 Å². The maximum Gasteiger partial charge on any atom is 0.371 e. The highest BCUT2D eigenvalue weighted by molar-refractivity contribution is 5.84. The number of likely N-dealkylation sites (tertiary alicyclic amines) is 1. The SMILES string of the molecule is CCC1CCN(Cc2ccc(C(=O)O)o2)C1. The van der Waals surface area contributed by atoms with Gasteiger partial charge in [0.2, 0.25) is 5.76 Å². The van der Waals surface area contributed by atoms with Crippen LogP contribution in [0.3, 0.4) is 0 Å². The minimum atomic E-state index is -1.00. The molecule has 0 spiro atoms. The minimum absolute atomic E-state index is 0.0289. The lowest BCUT2D eigenvalue weighted by Crippen LogP contribution is -2.19. The number of hydrogen-bond donors (Lipinski definition) is 1. The average molecular weight is 223 g/mol. The number of aromatic carboxylic acids is 1. The smallest absolute Gasteiger partial charge is 0.371 e. The van der Waals surface area contributed by atoms with Crippen molar-refractivity contribution in [1.29, 1.82) is 0 Å². The van der Waals surface area contributed by atoms with Crippen molar-refractivity contribution in [3.8, 4) is 0 Å². The van der Waals surface area contributed by atoms with E-state index in [1.165, 1.54) is 18.9 Å². The molecule has 1 N–H and O–H groups in total. The summed E-state index contributed by atoms with van der Waals surface area (Å²) in [5.74, 6) is 0.559. The molecular formula is C12H17NO3. The molecule has 88 valence electrons. The van der Waals surface area contributed by atoms with Gasteiger partial charge in [0.25, 0.3) is 0 Å². The normalized spacial score (nSPS) is 21.4. The highest BCUT2D eigenvalue weighted by Crippen LogP contribution is 2.21. The van der Waals surface area contributed by atoms with E-state index in [9.17, 15) is 4.79 Å². The van der Waals surface area contributed by atoms with Crippen molar-refractivity contribution >= 4 is 5.97 Å². The third kappa shape index (κ3) is 2.44. The van der Waals surface area contributed by atoms with Crippen molar-refractivity contribution in [2.24, 2.45) is 5.92 Å². The Bertz CT molecular complexity index is 372. The summed E-state index contributed by atoms with van der Waals surface area (Å²) in [6, 6.07) is 3.27. The van der Waals surface area contributed by atoms with Gasteiger partial charge in [-0.25, -0.2) is 4.79 Å². The van der Waals surface area contributed by atoms with Crippen molar-refractivity contribution < 1.29 is 14.3 Å². The molecule has 2 rings (SSSR count). The number of furan rings is 1. The number of carbonyl (C=O) groups is 1. The molecule has 0 aromatic carbocycles. The van der Waals surface area contributed by atoms with Crippen LogP contribution in [-0.4, -0.2) is 29.1 Å². The van der Waals surface area contributed by atoms with Crippen LogP contribution in [0.2, 0.25) is 0 Å².